The number of amides is 1. The highest BCUT2D eigenvalue weighted by Crippen LogP contribution is 2.31. The Morgan fingerprint density at radius 1 is 1.00 bits per heavy atom. The number of aryl methyl sites for hydroxylation is 1. The predicted molar refractivity (Wildman–Crippen MR) is 122 cm³/mol. The molecule has 2 aromatic carbocycles. The zero-order chi connectivity index (χ0) is 22.7. The average molecular weight is 469 g/mol. The fourth-order valence-corrected chi connectivity index (χ4v) is 4.87. The fraction of sp³-hybridized carbons (Fsp3) is 0.0455. The second kappa shape index (κ2) is 8.85. The molecule has 0 aliphatic heterocycles. The quantitative estimate of drug-likeness (QED) is 0.427. The van der Waals surface area contributed by atoms with Gasteiger partial charge >= 0.3 is 0 Å². The molecule has 7 nitrogen and oxygen atoms in total. The lowest BCUT2D eigenvalue weighted by Crippen LogP contribution is -2.14. The summed E-state index contributed by atoms with van der Waals surface area (Å²) in [5, 5.41) is 3.19. The minimum atomic E-state index is -3.87. The van der Waals surface area contributed by atoms with Crippen LogP contribution in [0.25, 0.3) is 10.6 Å². The predicted octanol–water partition coefficient (Wildman–Crippen LogP) is 4.71. The van der Waals surface area contributed by atoms with Crippen LogP contribution in [-0.2, 0) is 10.0 Å². The Labute approximate surface area is 188 Å². The number of hydrogen-bond donors (Lipinski definition) is 2. The zero-order valence-electron chi connectivity index (χ0n) is 16.7. The first-order valence-electron chi connectivity index (χ1n) is 9.40. The topological polar surface area (TPSA) is 101 Å². The standard InChI is InChI=1S/C22H17FN4O3S2/c1-14-20(19-4-2-3-13-24-19)31-22(25-14)26-21(28)15-5-9-17(10-6-15)27-32(29,30)18-11-7-16(23)8-12-18/h2-13,27H,1H3,(H,25,26,28). The minimum Gasteiger partial charge on any atom is -0.298 e. The van der Waals surface area contributed by atoms with E-state index < -0.39 is 15.8 Å². The molecule has 4 rings (SSSR count). The van der Waals surface area contributed by atoms with Crippen LogP contribution in [0.15, 0.2) is 77.8 Å². The first-order chi connectivity index (χ1) is 15.3. The van der Waals surface area contributed by atoms with Crippen LogP contribution < -0.4 is 10.0 Å². The van der Waals surface area contributed by atoms with E-state index in [1.807, 2.05) is 25.1 Å². The molecular weight excluding hydrogens is 451 g/mol. The van der Waals surface area contributed by atoms with E-state index >= 15 is 0 Å². The van der Waals surface area contributed by atoms with Gasteiger partial charge in [-0.25, -0.2) is 17.8 Å². The maximum Gasteiger partial charge on any atom is 0.261 e. The number of anilines is 2. The van der Waals surface area contributed by atoms with Crippen molar-refractivity contribution in [3.05, 3.63) is 90.0 Å². The van der Waals surface area contributed by atoms with Gasteiger partial charge in [0.2, 0.25) is 0 Å². The number of halogens is 1. The van der Waals surface area contributed by atoms with Gasteiger partial charge in [-0.2, -0.15) is 0 Å². The summed E-state index contributed by atoms with van der Waals surface area (Å²) in [7, 11) is -3.87. The van der Waals surface area contributed by atoms with Crippen molar-refractivity contribution in [2.75, 3.05) is 10.0 Å². The summed E-state index contributed by atoms with van der Waals surface area (Å²) < 4.78 is 40.2. The second-order valence-electron chi connectivity index (χ2n) is 6.74. The van der Waals surface area contributed by atoms with E-state index in [4.69, 9.17) is 0 Å². The van der Waals surface area contributed by atoms with Gasteiger partial charge in [0.25, 0.3) is 15.9 Å². The van der Waals surface area contributed by atoms with Gasteiger partial charge in [-0.1, -0.05) is 17.4 Å². The second-order valence-corrected chi connectivity index (χ2v) is 9.42. The van der Waals surface area contributed by atoms with Crippen LogP contribution in [-0.4, -0.2) is 24.3 Å². The number of hydrogen-bond acceptors (Lipinski definition) is 6. The normalized spacial score (nSPS) is 11.2. The maximum absolute atomic E-state index is 13.0. The number of nitrogens with one attached hydrogen (secondary N) is 2. The lowest BCUT2D eigenvalue weighted by atomic mass is 10.2. The third kappa shape index (κ3) is 4.82. The Morgan fingerprint density at radius 2 is 1.72 bits per heavy atom. The lowest BCUT2D eigenvalue weighted by molar-refractivity contribution is 0.102. The number of pyridine rings is 1. The fourth-order valence-electron chi connectivity index (χ4n) is 2.87. The van der Waals surface area contributed by atoms with Gasteiger partial charge in [-0.15, -0.1) is 0 Å². The van der Waals surface area contributed by atoms with Gasteiger partial charge in [0, 0.05) is 17.4 Å². The molecule has 4 aromatic rings. The molecule has 0 spiro atoms. The molecule has 2 heterocycles. The van der Waals surface area contributed by atoms with Crippen LogP contribution in [0.3, 0.4) is 0 Å². The van der Waals surface area contributed by atoms with Crippen LogP contribution in [0.2, 0.25) is 0 Å². The Balaban J connectivity index is 1.45. The summed E-state index contributed by atoms with van der Waals surface area (Å²) in [6.07, 6.45) is 1.69. The largest absolute Gasteiger partial charge is 0.298 e. The van der Waals surface area contributed by atoms with Crippen LogP contribution in [0.4, 0.5) is 15.2 Å². The van der Waals surface area contributed by atoms with Crippen molar-refractivity contribution in [1.29, 1.82) is 0 Å². The van der Waals surface area contributed by atoms with Crippen molar-refractivity contribution in [1.82, 2.24) is 9.97 Å². The van der Waals surface area contributed by atoms with Gasteiger partial charge in [0.05, 0.1) is 21.2 Å². The van der Waals surface area contributed by atoms with Crippen molar-refractivity contribution in [3.63, 3.8) is 0 Å². The van der Waals surface area contributed by atoms with E-state index in [1.165, 1.54) is 47.7 Å². The zero-order valence-corrected chi connectivity index (χ0v) is 18.4. The van der Waals surface area contributed by atoms with Crippen LogP contribution in [0.1, 0.15) is 16.1 Å². The smallest absolute Gasteiger partial charge is 0.261 e. The highest BCUT2D eigenvalue weighted by molar-refractivity contribution is 7.92. The molecule has 0 radical (unpaired) electrons. The van der Waals surface area contributed by atoms with Gasteiger partial charge < -0.3 is 0 Å². The summed E-state index contributed by atoms with van der Waals surface area (Å²) in [6, 6.07) is 16.0. The molecule has 0 aliphatic carbocycles. The van der Waals surface area contributed by atoms with Gasteiger partial charge in [-0.05, 0) is 67.6 Å². The van der Waals surface area contributed by atoms with E-state index in [-0.39, 0.29) is 16.5 Å². The van der Waals surface area contributed by atoms with Gasteiger partial charge in [0.15, 0.2) is 5.13 Å². The first kappa shape index (κ1) is 21.6. The van der Waals surface area contributed by atoms with E-state index in [0.717, 1.165) is 28.4 Å². The highest BCUT2D eigenvalue weighted by Gasteiger charge is 2.16. The van der Waals surface area contributed by atoms with Crippen LogP contribution in [0, 0.1) is 12.7 Å². The maximum atomic E-state index is 13.0. The van der Waals surface area contributed by atoms with E-state index in [2.05, 4.69) is 20.0 Å². The van der Waals surface area contributed by atoms with Crippen molar-refractivity contribution in [3.8, 4) is 10.6 Å². The van der Waals surface area contributed by atoms with Crippen molar-refractivity contribution in [2.45, 2.75) is 11.8 Å². The molecule has 0 atom stereocenters. The van der Waals surface area contributed by atoms with E-state index in [0.29, 0.717) is 10.7 Å². The van der Waals surface area contributed by atoms with Crippen LogP contribution in [0.5, 0.6) is 0 Å². The highest BCUT2D eigenvalue weighted by atomic mass is 32.2. The Bertz CT molecular complexity index is 1350. The summed E-state index contributed by atoms with van der Waals surface area (Å²) in [5.41, 5.74) is 2.14. The Morgan fingerprint density at radius 3 is 2.38 bits per heavy atom. The number of aromatic nitrogens is 2. The summed E-state index contributed by atoms with van der Waals surface area (Å²) in [6.45, 7) is 1.85. The first-order valence-corrected chi connectivity index (χ1v) is 11.7. The molecule has 0 saturated carbocycles. The molecule has 0 aliphatic rings. The van der Waals surface area contributed by atoms with Gasteiger partial charge in [-0.3, -0.25) is 19.8 Å². The van der Waals surface area contributed by atoms with Gasteiger partial charge in [0.1, 0.15) is 5.82 Å². The molecule has 2 aromatic heterocycles. The number of rotatable bonds is 6. The number of sulfonamides is 1. The molecule has 0 saturated heterocycles. The van der Waals surface area contributed by atoms with E-state index in [9.17, 15) is 17.6 Å². The summed E-state index contributed by atoms with van der Waals surface area (Å²) >= 11 is 1.32. The van der Waals surface area contributed by atoms with E-state index in [1.54, 1.807) is 6.20 Å². The molecule has 0 unspecified atom stereocenters. The molecular formula is C22H17FN4O3S2. The molecule has 162 valence electrons. The number of thiazole rings is 1. The van der Waals surface area contributed by atoms with Crippen LogP contribution >= 0.6 is 11.3 Å². The number of carbonyl (C=O) groups excluding carboxylic acids is 1. The monoisotopic (exact) mass is 468 g/mol. The third-order valence-corrected chi connectivity index (χ3v) is 6.93. The minimum absolute atomic E-state index is 0.0661. The SMILES string of the molecule is Cc1nc(NC(=O)c2ccc(NS(=O)(=O)c3ccc(F)cc3)cc2)sc1-c1ccccn1. The average Bonchev–Trinajstić information content (AvgIpc) is 3.14. The van der Waals surface area contributed by atoms with Crippen molar-refractivity contribution < 1.29 is 17.6 Å². The molecule has 0 bridgehead atoms. The number of nitrogens with zero attached hydrogens (tertiary/aromatic N) is 2. The molecule has 2 N–H and O–H groups in total. The third-order valence-electron chi connectivity index (χ3n) is 4.44. The molecule has 10 heteroatoms. The Hall–Kier alpha value is -3.63. The summed E-state index contributed by atoms with van der Waals surface area (Å²) in [4.78, 5) is 22.1. The Kier molecular flexibility index (Phi) is 5.97. The number of carbonyl (C=O) groups is 1. The molecule has 0 fully saturated rings. The summed E-state index contributed by atoms with van der Waals surface area (Å²) in [5.74, 6) is -0.902. The molecule has 1 amide bonds. The molecule has 32 heavy (non-hydrogen) atoms. The van der Waals surface area contributed by atoms with Crippen molar-refractivity contribution in [2.24, 2.45) is 0 Å². The van der Waals surface area contributed by atoms with Crippen molar-refractivity contribution >= 4 is 38.1 Å². The lowest BCUT2D eigenvalue weighted by Gasteiger charge is -2.09. The number of benzene rings is 2.